The molecule has 1 atom stereocenters. The second-order valence-corrected chi connectivity index (χ2v) is 4.44. The maximum absolute atomic E-state index is 10.7. The molecule has 1 aromatic rings. The van der Waals surface area contributed by atoms with Crippen LogP contribution < -0.4 is 4.90 Å². The van der Waals surface area contributed by atoms with Gasteiger partial charge >= 0.3 is 5.97 Å². The van der Waals surface area contributed by atoms with Crippen LogP contribution >= 0.6 is 11.5 Å². The SMILES string of the molecule is Cc1nsc(N2CCCC2CC(=O)O)n1. The molecule has 0 spiro atoms. The average Bonchev–Trinajstić information content (AvgIpc) is 2.72. The predicted molar refractivity (Wildman–Crippen MR) is 57.3 cm³/mol. The number of carboxylic acid groups (broad SMARTS) is 1. The maximum atomic E-state index is 10.7. The zero-order valence-corrected chi connectivity index (χ0v) is 9.33. The molecule has 0 aromatic carbocycles. The number of hydrogen-bond donors (Lipinski definition) is 1. The second kappa shape index (κ2) is 4.14. The normalized spacial score (nSPS) is 20.9. The number of anilines is 1. The molecule has 1 unspecified atom stereocenters. The Morgan fingerprint density at radius 2 is 2.53 bits per heavy atom. The Bertz CT molecular complexity index is 366. The molecule has 6 heteroatoms. The van der Waals surface area contributed by atoms with Gasteiger partial charge in [-0.2, -0.15) is 4.37 Å². The van der Waals surface area contributed by atoms with Crippen LogP contribution in [0, 0.1) is 6.92 Å². The monoisotopic (exact) mass is 227 g/mol. The molecule has 1 aromatic heterocycles. The van der Waals surface area contributed by atoms with Crippen molar-refractivity contribution in [3.05, 3.63) is 5.82 Å². The molecule has 0 bridgehead atoms. The van der Waals surface area contributed by atoms with E-state index in [0.717, 1.165) is 30.3 Å². The van der Waals surface area contributed by atoms with E-state index >= 15 is 0 Å². The van der Waals surface area contributed by atoms with Crippen molar-refractivity contribution in [3.8, 4) is 0 Å². The lowest BCUT2D eigenvalue weighted by Gasteiger charge is -2.21. The van der Waals surface area contributed by atoms with Crippen molar-refractivity contribution >= 4 is 22.6 Å². The van der Waals surface area contributed by atoms with Crippen LogP contribution in [0.1, 0.15) is 25.1 Å². The number of hydrogen-bond acceptors (Lipinski definition) is 5. The Kier molecular flexibility index (Phi) is 2.86. The summed E-state index contributed by atoms with van der Waals surface area (Å²) in [6.45, 7) is 2.74. The highest BCUT2D eigenvalue weighted by atomic mass is 32.1. The average molecular weight is 227 g/mol. The quantitative estimate of drug-likeness (QED) is 0.842. The first kappa shape index (κ1) is 10.4. The van der Waals surface area contributed by atoms with Gasteiger partial charge in [0.2, 0.25) is 5.13 Å². The van der Waals surface area contributed by atoms with E-state index in [2.05, 4.69) is 14.3 Å². The standard InChI is InChI=1S/C9H13N3O2S/c1-6-10-9(15-11-6)12-4-2-3-7(12)5-8(13)14/h7H,2-5H2,1H3,(H,13,14). The molecule has 1 aliphatic heterocycles. The molecule has 1 fully saturated rings. The van der Waals surface area contributed by atoms with E-state index in [9.17, 15) is 4.79 Å². The highest BCUT2D eigenvalue weighted by Gasteiger charge is 2.28. The smallest absolute Gasteiger partial charge is 0.305 e. The Labute approximate surface area is 91.9 Å². The zero-order valence-electron chi connectivity index (χ0n) is 8.51. The van der Waals surface area contributed by atoms with Gasteiger partial charge in [-0.05, 0) is 19.8 Å². The molecule has 1 aliphatic rings. The van der Waals surface area contributed by atoms with Crippen LogP contribution in [-0.4, -0.2) is 33.0 Å². The molecule has 82 valence electrons. The Morgan fingerprint density at radius 3 is 3.13 bits per heavy atom. The van der Waals surface area contributed by atoms with Crippen LogP contribution in [0.5, 0.6) is 0 Å². The number of aryl methyl sites for hydroxylation is 1. The first-order valence-corrected chi connectivity index (χ1v) is 5.73. The molecule has 0 amide bonds. The van der Waals surface area contributed by atoms with Crippen molar-refractivity contribution in [2.24, 2.45) is 0 Å². The maximum Gasteiger partial charge on any atom is 0.305 e. The Morgan fingerprint density at radius 1 is 1.73 bits per heavy atom. The van der Waals surface area contributed by atoms with Gasteiger partial charge in [0, 0.05) is 24.1 Å². The van der Waals surface area contributed by atoms with Crippen molar-refractivity contribution in [1.29, 1.82) is 0 Å². The summed E-state index contributed by atoms with van der Waals surface area (Å²) in [5.74, 6) is 0.0177. The van der Waals surface area contributed by atoms with Crippen LogP contribution in [0.4, 0.5) is 5.13 Å². The summed E-state index contributed by atoms with van der Waals surface area (Å²) in [4.78, 5) is 17.0. The van der Waals surface area contributed by atoms with Crippen molar-refractivity contribution in [1.82, 2.24) is 9.36 Å². The molecular formula is C9H13N3O2S. The van der Waals surface area contributed by atoms with Gasteiger partial charge in [-0.1, -0.05) is 0 Å². The summed E-state index contributed by atoms with van der Waals surface area (Å²) in [6, 6.07) is 0.0925. The molecule has 0 aliphatic carbocycles. The third kappa shape index (κ3) is 2.26. The van der Waals surface area contributed by atoms with Crippen molar-refractivity contribution < 1.29 is 9.90 Å². The minimum absolute atomic E-state index is 0.0925. The van der Waals surface area contributed by atoms with Crippen molar-refractivity contribution in [2.45, 2.75) is 32.2 Å². The van der Waals surface area contributed by atoms with E-state index < -0.39 is 5.97 Å². The molecule has 0 saturated carbocycles. The molecule has 2 rings (SSSR count). The number of rotatable bonds is 3. The lowest BCUT2D eigenvalue weighted by atomic mass is 10.1. The molecule has 15 heavy (non-hydrogen) atoms. The molecule has 5 nitrogen and oxygen atoms in total. The summed E-state index contributed by atoms with van der Waals surface area (Å²) in [5.41, 5.74) is 0. The summed E-state index contributed by atoms with van der Waals surface area (Å²) in [7, 11) is 0. The number of nitrogens with zero attached hydrogens (tertiary/aromatic N) is 3. The molecule has 0 radical (unpaired) electrons. The van der Waals surface area contributed by atoms with Crippen molar-refractivity contribution in [2.75, 3.05) is 11.4 Å². The number of carbonyl (C=O) groups is 1. The Balaban J connectivity index is 2.10. The van der Waals surface area contributed by atoms with Crippen LogP contribution in [0.15, 0.2) is 0 Å². The summed E-state index contributed by atoms with van der Waals surface area (Å²) < 4.78 is 4.12. The first-order valence-electron chi connectivity index (χ1n) is 4.95. The first-order chi connectivity index (χ1) is 7.16. The number of aliphatic carboxylic acids is 1. The van der Waals surface area contributed by atoms with Gasteiger partial charge in [0.05, 0.1) is 6.42 Å². The molecule has 1 saturated heterocycles. The topological polar surface area (TPSA) is 66.3 Å². The van der Waals surface area contributed by atoms with E-state index in [1.54, 1.807) is 0 Å². The minimum atomic E-state index is -0.742. The lowest BCUT2D eigenvalue weighted by Crippen LogP contribution is -2.31. The van der Waals surface area contributed by atoms with Gasteiger partial charge in [0.25, 0.3) is 0 Å². The van der Waals surface area contributed by atoms with Crippen LogP contribution in [0.3, 0.4) is 0 Å². The summed E-state index contributed by atoms with van der Waals surface area (Å²) in [5, 5.41) is 9.64. The van der Waals surface area contributed by atoms with Crippen LogP contribution in [0.25, 0.3) is 0 Å². The van der Waals surface area contributed by atoms with E-state index in [1.165, 1.54) is 11.5 Å². The largest absolute Gasteiger partial charge is 0.481 e. The number of aromatic nitrogens is 2. The third-order valence-corrected chi connectivity index (χ3v) is 3.39. The highest BCUT2D eigenvalue weighted by Crippen LogP contribution is 2.28. The molecule has 2 heterocycles. The minimum Gasteiger partial charge on any atom is -0.481 e. The van der Waals surface area contributed by atoms with Crippen LogP contribution in [-0.2, 0) is 4.79 Å². The Hall–Kier alpha value is -1.17. The van der Waals surface area contributed by atoms with Crippen molar-refractivity contribution in [3.63, 3.8) is 0 Å². The summed E-state index contributed by atoms with van der Waals surface area (Å²) in [6.07, 6.45) is 2.17. The highest BCUT2D eigenvalue weighted by molar-refractivity contribution is 7.09. The molecular weight excluding hydrogens is 214 g/mol. The van der Waals surface area contributed by atoms with E-state index in [0.29, 0.717) is 0 Å². The van der Waals surface area contributed by atoms with Gasteiger partial charge in [0.15, 0.2) is 0 Å². The van der Waals surface area contributed by atoms with Gasteiger partial charge in [-0.3, -0.25) is 4.79 Å². The predicted octanol–water partition coefficient (Wildman–Crippen LogP) is 1.29. The fraction of sp³-hybridized carbons (Fsp3) is 0.667. The van der Waals surface area contributed by atoms with E-state index in [4.69, 9.17) is 5.11 Å². The zero-order chi connectivity index (χ0) is 10.8. The molecule has 1 N–H and O–H groups in total. The van der Waals surface area contributed by atoms with Gasteiger partial charge in [-0.15, -0.1) is 0 Å². The third-order valence-electron chi connectivity index (χ3n) is 2.55. The second-order valence-electron chi connectivity index (χ2n) is 3.71. The van der Waals surface area contributed by atoms with E-state index in [1.807, 2.05) is 6.92 Å². The fourth-order valence-corrected chi connectivity index (χ4v) is 2.68. The van der Waals surface area contributed by atoms with Gasteiger partial charge < -0.3 is 10.0 Å². The number of carboxylic acids is 1. The fourth-order valence-electron chi connectivity index (χ4n) is 1.90. The van der Waals surface area contributed by atoms with Gasteiger partial charge in [0.1, 0.15) is 5.82 Å². The van der Waals surface area contributed by atoms with E-state index in [-0.39, 0.29) is 12.5 Å². The van der Waals surface area contributed by atoms with Gasteiger partial charge in [-0.25, -0.2) is 4.98 Å². The summed E-state index contributed by atoms with van der Waals surface area (Å²) >= 11 is 1.35. The van der Waals surface area contributed by atoms with Crippen LogP contribution in [0.2, 0.25) is 0 Å². The lowest BCUT2D eigenvalue weighted by molar-refractivity contribution is -0.137.